The van der Waals surface area contributed by atoms with E-state index in [9.17, 15) is 14.4 Å². The van der Waals surface area contributed by atoms with Gasteiger partial charge in [0.1, 0.15) is 6.54 Å². The lowest BCUT2D eigenvalue weighted by molar-refractivity contribution is -0.139. The van der Waals surface area contributed by atoms with Gasteiger partial charge in [0.2, 0.25) is 11.8 Å². The van der Waals surface area contributed by atoms with Gasteiger partial charge in [-0.05, 0) is 12.0 Å². The number of hydrogen-bond donors (Lipinski definition) is 3. The fourth-order valence-corrected chi connectivity index (χ4v) is 4.33. The predicted octanol–water partition coefficient (Wildman–Crippen LogP) is -0.0676. The van der Waals surface area contributed by atoms with Crippen LogP contribution >= 0.6 is 0 Å². The SMILES string of the molecule is O=C(NCCO)[C@H]1C[C@H]2CN(C(=O)c3ncc[nH]3)CC(=O)N2[C@H]1c1ccccc1. The first kappa shape index (κ1) is 19.1. The average molecular weight is 397 g/mol. The van der Waals surface area contributed by atoms with Gasteiger partial charge in [0.05, 0.1) is 24.6 Å². The summed E-state index contributed by atoms with van der Waals surface area (Å²) in [5, 5.41) is 11.8. The number of carbonyl (C=O) groups is 3. The number of amides is 3. The summed E-state index contributed by atoms with van der Waals surface area (Å²) in [5.41, 5.74) is 0.887. The van der Waals surface area contributed by atoms with Crippen molar-refractivity contribution in [2.75, 3.05) is 26.2 Å². The van der Waals surface area contributed by atoms with Gasteiger partial charge in [0, 0.05) is 25.5 Å². The number of fused-ring (bicyclic) bond motifs is 1. The van der Waals surface area contributed by atoms with Gasteiger partial charge in [-0.15, -0.1) is 0 Å². The number of nitrogens with one attached hydrogen (secondary N) is 2. The molecule has 9 heteroatoms. The molecule has 29 heavy (non-hydrogen) atoms. The molecule has 1 aromatic heterocycles. The highest BCUT2D eigenvalue weighted by atomic mass is 16.3. The molecule has 0 aliphatic carbocycles. The van der Waals surface area contributed by atoms with Crippen LogP contribution in [-0.2, 0) is 9.59 Å². The Labute approximate surface area is 167 Å². The number of carbonyl (C=O) groups excluding carboxylic acids is 3. The van der Waals surface area contributed by atoms with Gasteiger partial charge in [-0.2, -0.15) is 0 Å². The van der Waals surface area contributed by atoms with Gasteiger partial charge in [-0.3, -0.25) is 14.4 Å². The number of aliphatic hydroxyl groups is 1. The number of imidazole rings is 1. The summed E-state index contributed by atoms with van der Waals surface area (Å²) in [6, 6.07) is 8.82. The third-order valence-electron chi connectivity index (χ3n) is 5.52. The van der Waals surface area contributed by atoms with E-state index in [4.69, 9.17) is 5.11 Å². The second kappa shape index (κ2) is 8.04. The van der Waals surface area contributed by atoms with Crippen LogP contribution in [-0.4, -0.2) is 74.9 Å². The molecule has 2 fully saturated rings. The zero-order valence-corrected chi connectivity index (χ0v) is 15.8. The minimum atomic E-state index is -0.448. The lowest BCUT2D eigenvalue weighted by Crippen LogP contribution is -2.56. The molecule has 1 aromatic carbocycles. The first-order valence-corrected chi connectivity index (χ1v) is 9.63. The lowest BCUT2D eigenvalue weighted by atomic mass is 9.92. The quantitative estimate of drug-likeness (QED) is 0.653. The average Bonchev–Trinajstić information content (AvgIpc) is 3.40. The molecular formula is C20H23N5O4. The zero-order valence-electron chi connectivity index (χ0n) is 15.8. The number of benzene rings is 1. The highest BCUT2D eigenvalue weighted by molar-refractivity contribution is 5.95. The molecule has 2 aliphatic heterocycles. The molecule has 3 amide bonds. The normalized spacial score (nSPS) is 23.8. The van der Waals surface area contributed by atoms with E-state index in [0.717, 1.165) is 5.56 Å². The number of aromatic amines is 1. The van der Waals surface area contributed by atoms with E-state index in [1.54, 1.807) is 11.1 Å². The van der Waals surface area contributed by atoms with Crippen molar-refractivity contribution < 1.29 is 19.5 Å². The summed E-state index contributed by atoms with van der Waals surface area (Å²) in [4.78, 5) is 48.5. The minimum Gasteiger partial charge on any atom is -0.395 e. The maximum atomic E-state index is 13.1. The van der Waals surface area contributed by atoms with E-state index >= 15 is 0 Å². The van der Waals surface area contributed by atoms with Crippen molar-refractivity contribution in [2.24, 2.45) is 5.92 Å². The van der Waals surface area contributed by atoms with Crippen molar-refractivity contribution in [1.29, 1.82) is 0 Å². The lowest BCUT2D eigenvalue weighted by Gasteiger charge is -2.39. The van der Waals surface area contributed by atoms with Gasteiger partial charge < -0.3 is 25.2 Å². The standard InChI is InChI=1S/C20H23N5O4/c26-9-8-23-19(28)15-10-14-11-24(20(29)18-21-6-7-22-18)12-16(27)25(14)17(15)13-4-2-1-3-5-13/h1-7,14-15,17,26H,8-12H2,(H,21,22)(H,23,28)/t14-,15-,17-/m0/s1. The van der Waals surface area contributed by atoms with Gasteiger partial charge in [0.25, 0.3) is 5.91 Å². The maximum Gasteiger partial charge on any atom is 0.290 e. The van der Waals surface area contributed by atoms with Crippen molar-refractivity contribution in [3.05, 3.63) is 54.1 Å². The fraction of sp³-hybridized carbons (Fsp3) is 0.400. The Hall–Kier alpha value is -3.20. The van der Waals surface area contributed by atoms with Gasteiger partial charge >= 0.3 is 0 Å². The molecular weight excluding hydrogens is 374 g/mol. The largest absolute Gasteiger partial charge is 0.395 e. The number of rotatable bonds is 5. The second-order valence-corrected chi connectivity index (χ2v) is 7.29. The summed E-state index contributed by atoms with van der Waals surface area (Å²) in [6.07, 6.45) is 3.51. The van der Waals surface area contributed by atoms with Crippen LogP contribution in [0, 0.1) is 5.92 Å². The number of H-pyrrole nitrogens is 1. The van der Waals surface area contributed by atoms with E-state index < -0.39 is 12.0 Å². The topological polar surface area (TPSA) is 119 Å². The molecule has 0 bridgehead atoms. The van der Waals surface area contributed by atoms with Crippen molar-refractivity contribution in [2.45, 2.75) is 18.5 Å². The number of piperazine rings is 1. The second-order valence-electron chi connectivity index (χ2n) is 7.29. The Morgan fingerprint density at radius 1 is 1.28 bits per heavy atom. The first-order chi connectivity index (χ1) is 14.1. The molecule has 3 heterocycles. The third-order valence-corrected chi connectivity index (χ3v) is 5.52. The van der Waals surface area contributed by atoms with E-state index in [0.29, 0.717) is 13.0 Å². The molecule has 3 N–H and O–H groups in total. The molecule has 2 aromatic rings. The molecule has 2 aliphatic rings. The molecule has 152 valence electrons. The fourth-order valence-electron chi connectivity index (χ4n) is 4.33. The predicted molar refractivity (Wildman–Crippen MR) is 103 cm³/mol. The molecule has 4 rings (SSSR count). The highest BCUT2D eigenvalue weighted by Gasteiger charge is 2.50. The van der Waals surface area contributed by atoms with Crippen LogP contribution in [0.5, 0.6) is 0 Å². The molecule has 0 spiro atoms. The first-order valence-electron chi connectivity index (χ1n) is 9.63. The smallest absolute Gasteiger partial charge is 0.290 e. The number of hydrogen-bond acceptors (Lipinski definition) is 5. The van der Waals surface area contributed by atoms with Crippen LogP contribution in [0.2, 0.25) is 0 Å². The molecule has 0 saturated carbocycles. The highest BCUT2D eigenvalue weighted by Crippen LogP contribution is 2.43. The van der Waals surface area contributed by atoms with Crippen LogP contribution in [0.4, 0.5) is 0 Å². The molecule has 3 atom stereocenters. The Bertz CT molecular complexity index is 886. The van der Waals surface area contributed by atoms with Gasteiger partial charge in [-0.1, -0.05) is 30.3 Å². The van der Waals surface area contributed by atoms with Crippen LogP contribution in [0.1, 0.15) is 28.6 Å². The third kappa shape index (κ3) is 3.61. The maximum absolute atomic E-state index is 13.1. The zero-order chi connectivity index (χ0) is 20.4. The van der Waals surface area contributed by atoms with Gasteiger partial charge in [0.15, 0.2) is 5.82 Å². The summed E-state index contributed by atoms with van der Waals surface area (Å²) in [5.74, 6) is -0.961. The van der Waals surface area contributed by atoms with E-state index in [-0.39, 0.29) is 49.3 Å². The Morgan fingerprint density at radius 2 is 2.07 bits per heavy atom. The van der Waals surface area contributed by atoms with Crippen molar-refractivity contribution >= 4 is 17.7 Å². The summed E-state index contributed by atoms with van der Waals surface area (Å²) < 4.78 is 0. The minimum absolute atomic E-state index is 0.0512. The molecule has 2 saturated heterocycles. The van der Waals surface area contributed by atoms with Crippen LogP contribution in [0.15, 0.2) is 42.7 Å². The van der Waals surface area contributed by atoms with Gasteiger partial charge in [-0.25, -0.2) is 4.98 Å². The number of nitrogens with zero attached hydrogens (tertiary/aromatic N) is 3. The van der Waals surface area contributed by atoms with Crippen molar-refractivity contribution in [3.8, 4) is 0 Å². The van der Waals surface area contributed by atoms with E-state index in [2.05, 4.69) is 15.3 Å². The Morgan fingerprint density at radius 3 is 2.76 bits per heavy atom. The molecule has 0 radical (unpaired) electrons. The van der Waals surface area contributed by atoms with Crippen LogP contribution in [0.25, 0.3) is 0 Å². The number of aromatic nitrogens is 2. The van der Waals surface area contributed by atoms with Crippen LogP contribution < -0.4 is 5.32 Å². The monoisotopic (exact) mass is 397 g/mol. The van der Waals surface area contributed by atoms with Crippen molar-refractivity contribution in [1.82, 2.24) is 25.1 Å². The molecule has 9 nitrogen and oxygen atoms in total. The summed E-state index contributed by atoms with van der Waals surface area (Å²) in [7, 11) is 0. The van der Waals surface area contributed by atoms with Crippen LogP contribution in [0.3, 0.4) is 0 Å². The summed E-state index contributed by atoms with van der Waals surface area (Å²) >= 11 is 0. The Balaban J connectivity index is 1.61. The van der Waals surface area contributed by atoms with E-state index in [1.807, 2.05) is 30.3 Å². The summed E-state index contributed by atoms with van der Waals surface area (Å²) in [6.45, 7) is 0.313. The molecule has 0 unspecified atom stereocenters. The number of aliphatic hydroxyl groups excluding tert-OH is 1. The van der Waals surface area contributed by atoms with Crippen molar-refractivity contribution in [3.63, 3.8) is 0 Å². The Kier molecular flexibility index (Phi) is 5.30. The van der Waals surface area contributed by atoms with E-state index in [1.165, 1.54) is 11.1 Å².